The van der Waals surface area contributed by atoms with E-state index in [-0.39, 0.29) is 5.82 Å². The topological polar surface area (TPSA) is 12.4 Å². The summed E-state index contributed by atoms with van der Waals surface area (Å²) in [6, 6.07) is 4.84. The molecule has 0 fully saturated rings. The van der Waals surface area contributed by atoms with E-state index >= 15 is 0 Å². The molecular formula is C11H14FN. The number of halogens is 1. The fourth-order valence-electron chi connectivity index (χ4n) is 1.33. The summed E-state index contributed by atoms with van der Waals surface area (Å²) in [7, 11) is 1.75. The molecule has 0 saturated heterocycles. The average Bonchev–Trinajstić information content (AvgIpc) is 2.16. The summed E-state index contributed by atoms with van der Waals surface area (Å²) < 4.78 is 12.9. The predicted molar refractivity (Wildman–Crippen MR) is 53.9 cm³/mol. The van der Waals surface area contributed by atoms with Crippen LogP contribution in [0.2, 0.25) is 0 Å². The number of rotatable bonds is 2. The van der Waals surface area contributed by atoms with E-state index < -0.39 is 0 Å². The Hall–Kier alpha value is -1.18. The molecule has 0 atom stereocenters. The average molecular weight is 179 g/mol. The molecule has 0 saturated carbocycles. The molecule has 70 valence electrons. The van der Waals surface area contributed by atoms with Gasteiger partial charge in [-0.25, -0.2) is 4.39 Å². The highest BCUT2D eigenvalue weighted by Crippen LogP contribution is 2.13. The molecule has 0 unspecified atom stereocenters. The van der Waals surface area contributed by atoms with Crippen molar-refractivity contribution in [2.45, 2.75) is 20.3 Å². The van der Waals surface area contributed by atoms with Gasteiger partial charge in [0.1, 0.15) is 5.82 Å². The summed E-state index contributed by atoms with van der Waals surface area (Å²) in [6.45, 7) is 3.95. The first-order chi connectivity index (χ1) is 6.19. The van der Waals surface area contributed by atoms with Crippen LogP contribution >= 0.6 is 0 Å². The van der Waals surface area contributed by atoms with Crippen LogP contribution < -0.4 is 0 Å². The van der Waals surface area contributed by atoms with Gasteiger partial charge >= 0.3 is 0 Å². The highest BCUT2D eigenvalue weighted by atomic mass is 19.1. The van der Waals surface area contributed by atoms with Crippen LogP contribution in [0.15, 0.2) is 23.2 Å². The standard InChI is InChI=1S/C11H14FN/c1-4-9-7-10(12)5-6-11(9)8(2)13-3/h5-7H,4H2,1-3H3. The van der Waals surface area contributed by atoms with Crippen molar-refractivity contribution in [1.29, 1.82) is 0 Å². The minimum atomic E-state index is -0.176. The number of aliphatic imine (C=N–C) groups is 1. The first kappa shape index (κ1) is 9.90. The second-order valence-corrected chi connectivity index (χ2v) is 2.96. The summed E-state index contributed by atoms with van der Waals surface area (Å²) >= 11 is 0. The molecule has 13 heavy (non-hydrogen) atoms. The number of hydrogen-bond donors (Lipinski definition) is 0. The third-order valence-electron chi connectivity index (χ3n) is 2.17. The summed E-state index contributed by atoms with van der Waals surface area (Å²) in [5.41, 5.74) is 3.02. The minimum absolute atomic E-state index is 0.176. The van der Waals surface area contributed by atoms with Gasteiger partial charge in [-0.2, -0.15) is 0 Å². The first-order valence-electron chi connectivity index (χ1n) is 4.41. The molecule has 0 bridgehead atoms. The SMILES string of the molecule is CCc1cc(F)ccc1C(C)=NC. The molecule has 0 N–H and O–H groups in total. The van der Waals surface area contributed by atoms with Gasteiger partial charge in [0.15, 0.2) is 0 Å². The monoisotopic (exact) mass is 179 g/mol. The lowest BCUT2D eigenvalue weighted by atomic mass is 10.0. The predicted octanol–water partition coefficient (Wildman–Crippen LogP) is 2.83. The van der Waals surface area contributed by atoms with E-state index in [1.807, 2.05) is 13.8 Å². The Kier molecular flexibility index (Phi) is 3.18. The van der Waals surface area contributed by atoms with Crippen molar-refractivity contribution in [2.24, 2.45) is 4.99 Å². The second-order valence-electron chi connectivity index (χ2n) is 2.96. The van der Waals surface area contributed by atoms with Crippen LogP contribution in [-0.4, -0.2) is 12.8 Å². The van der Waals surface area contributed by atoms with Crippen LogP contribution in [0.3, 0.4) is 0 Å². The van der Waals surface area contributed by atoms with Crippen LogP contribution in [0.1, 0.15) is 25.0 Å². The van der Waals surface area contributed by atoms with Gasteiger partial charge in [-0.15, -0.1) is 0 Å². The van der Waals surface area contributed by atoms with E-state index in [0.29, 0.717) is 0 Å². The van der Waals surface area contributed by atoms with Crippen molar-refractivity contribution >= 4 is 5.71 Å². The summed E-state index contributed by atoms with van der Waals surface area (Å²) in [6.07, 6.45) is 0.833. The van der Waals surface area contributed by atoms with Crippen LogP contribution in [0.25, 0.3) is 0 Å². The van der Waals surface area contributed by atoms with Gasteiger partial charge in [-0.1, -0.05) is 6.92 Å². The third-order valence-corrected chi connectivity index (χ3v) is 2.17. The molecule has 0 aliphatic heterocycles. The number of nitrogens with zero attached hydrogens (tertiary/aromatic N) is 1. The molecule has 0 spiro atoms. The Morgan fingerprint density at radius 3 is 2.69 bits per heavy atom. The molecule has 1 aromatic carbocycles. The Balaban J connectivity index is 3.21. The zero-order chi connectivity index (χ0) is 9.84. The van der Waals surface area contributed by atoms with Crippen molar-refractivity contribution in [3.63, 3.8) is 0 Å². The van der Waals surface area contributed by atoms with Crippen molar-refractivity contribution in [3.05, 3.63) is 35.1 Å². The molecule has 2 heteroatoms. The molecule has 0 amide bonds. The Morgan fingerprint density at radius 2 is 2.15 bits per heavy atom. The van der Waals surface area contributed by atoms with E-state index in [0.717, 1.165) is 23.3 Å². The first-order valence-corrected chi connectivity index (χ1v) is 4.41. The van der Waals surface area contributed by atoms with Crippen LogP contribution in [0.5, 0.6) is 0 Å². The van der Waals surface area contributed by atoms with Crippen molar-refractivity contribution < 1.29 is 4.39 Å². The van der Waals surface area contributed by atoms with Gasteiger partial charge in [0.05, 0.1) is 0 Å². The number of hydrogen-bond acceptors (Lipinski definition) is 1. The zero-order valence-corrected chi connectivity index (χ0v) is 8.26. The highest BCUT2D eigenvalue weighted by molar-refractivity contribution is 5.99. The van der Waals surface area contributed by atoms with E-state index in [2.05, 4.69) is 4.99 Å². The van der Waals surface area contributed by atoms with E-state index in [4.69, 9.17) is 0 Å². The largest absolute Gasteiger partial charge is 0.293 e. The quantitative estimate of drug-likeness (QED) is 0.619. The fraction of sp³-hybridized carbons (Fsp3) is 0.364. The maximum atomic E-state index is 12.9. The molecule has 1 nitrogen and oxygen atoms in total. The molecule has 0 aliphatic carbocycles. The molecule has 1 aromatic rings. The Morgan fingerprint density at radius 1 is 1.46 bits per heavy atom. The van der Waals surface area contributed by atoms with Gasteiger partial charge in [0.25, 0.3) is 0 Å². The molecular weight excluding hydrogens is 165 g/mol. The lowest BCUT2D eigenvalue weighted by Crippen LogP contribution is -2.00. The number of benzene rings is 1. The summed E-state index contributed by atoms with van der Waals surface area (Å²) in [5.74, 6) is -0.176. The van der Waals surface area contributed by atoms with Gasteiger partial charge < -0.3 is 0 Å². The minimum Gasteiger partial charge on any atom is -0.293 e. The van der Waals surface area contributed by atoms with Crippen molar-refractivity contribution in [3.8, 4) is 0 Å². The zero-order valence-electron chi connectivity index (χ0n) is 8.26. The Labute approximate surface area is 78.3 Å². The highest BCUT2D eigenvalue weighted by Gasteiger charge is 2.04. The maximum absolute atomic E-state index is 12.9. The lowest BCUT2D eigenvalue weighted by Gasteiger charge is -2.06. The third kappa shape index (κ3) is 2.14. The second kappa shape index (κ2) is 4.17. The Bertz CT molecular complexity index is 329. The van der Waals surface area contributed by atoms with Crippen LogP contribution in [-0.2, 0) is 6.42 Å². The van der Waals surface area contributed by atoms with Crippen LogP contribution in [0, 0.1) is 5.82 Å². The van der Waals surface area contributed by atoms with Crippen molar-refractivity contribution in [2.75, 3.05) is 7.05 Å². The molecule has 0 aromatic heterocycles. The van der Waals surface area contributed by atoms with Crippen LogP contribution in [0.4, 0.5) is 4.39 Å². The molecule has 1 rings (SSSR count). The van der Waals surface area contributed by atoms with E-state index in [1.54, 1.807) is 19.2 Å². The van der Waals surface area contributed by atoms with Gasteiger partial charge in [0, 0.05) is 12.8 Å². The molecule has 0 radical (unpaired) electrons. The maximum Gasteiger partial charge on any atom is 0.123 e. The van der Waals surface area contributed by atoms with E-state index in [9.17, 15) is 4.39 Å². The normalized spacial score (nSPS) is 11.8. The molecule has 0 aliphatic rings. The summed E-state index contributed by atoms with van der Waals surface area (Å²) in [5, 5.41) is 0. The van der Waals surface area contributed by atoms with Gasteiger partial charge in [-0.3, -0.25) is 4.99 Å². The molecule has 0 heterocycles. The fourth-order valence-corrected chi connectivity index (χ4v) is 1.33. The van der Waals surface area contributed by atoms with Gasteiger partial charge in [0.2, 0.25) is 0 Å². The smallest absolute Gasteiger partial charge is 0.123 e. The summed E-state index contributed by atoms with van der Waals surface area (Å²) in [4.78, 5) is 4.09. The number of aryl methyl sites for hydroxylation is 1. The lowest BCUT2D eigenvalue weighted by molar-refractivity contribution is 0.625. The van der Waals surface area contributed by atoms with Crippen molar-refractivity contribution in [1.82, 2.24) is 0 Å². The van der Waals surface area contributed by atoms with E-state index in [1.165, 1.54) is 6.07 Å². The van der Waals surface area contributed by atoms with Gasteiger partial charge in [-0.05, 0) is 42.7 Å².